The van der Waals surface area contributed by atoms with Gasteiger partial charge < -0.3 is 13.8 Å². The molecular formula is C14H21N5O2. The predicted molar refractivity (Wildman–Crippen MR) is 76.2 cm³/mol. The van der Waals surface area contributed by atoms with E-state index in [0.717, 1.165) is 31.8 Å². The fourth-order valence-corrected chi connectivity index (χ4v) is 2.49. The zero-order valence-corrected chi connectivity index (χ0v) is 13.0. The van der Waals surface area contributed by atoms with E-state index in [1.807, 2.05) is 6.92 Å². The first-order chi connectivity index (χ1) is 9.93. The van der Waals surface area contributed by atoms with Crippen LogP contribution in [0.25, 0.3) is 0 Å². The van der Waals surface area contributed by atoms with Crippen molar-refractivity contribution in [2.24, 2.45) is 0 Å². The van der Waals surface area contributed by atoms with E-state index in [2.05, 4.69) is 46.0 Å². The molecule has 1 aliphatic rings. The molecule has 0 amide bonds. The Kier molecular flexibility index (Phi) is 3.43. The van der Waals surface area contributed by atoms with Gasteiger partial charge in [-0.15, -0.1) is 5.10 Å². The summed E-state index contributed by atoms with van der Waals surface area (Å²) in [7, 11) is 0. The van der Waals surface area contributed by atoms with Crippen molar-refractivity contribution < 1.29 is 8.94 Å². The fraction of sp³-hybridized carbons (Fsp3) is 0.714. The summed E-state index contributed by atoms with van der Waals surface area (Å²) in [5.74, 6) is 2.29. The topological polar surface area (TPSA) is 81.1 Å². The van der Waals surface area contributed by atoms with Crippen LogP contribution < -0.4 is 4.90 Å². The molecule has 0 N–H and O–H groups in total. The molecule has 3 heterocycles. The average Bonchev–Trinajstić information content (AvgIpc) is 3.07. The van der Waals surface area contributed by atoms with Gasteiger partial charge in [0.15, 0.2) is 5.82 Å². The van der Waals surface area contributed by atoms with E-state index in [9.17, 15) is 0 Å². The molecule has 7 nitrogen and oxygen atoms in total. The molecule has 21 heavy (non-hydrogen) atoms. The van der Waals surface area contributed by atoms with E-state index in [0.29, 0.717) is 17.8 Å². The molecule has 0 unspecified atom stereocenters. The molecule has 1 aliphatic heterocycles. The lowest BCUT2D eigenvalue weighted by Crippen LogP contribution is -2.35. The molecule has 1 atom stereocenters. The molecule has 3 rings (SSSR count). The third kappa shape index (κ3) is 2.91. The number of aryl methyl sites for hydroxylation is 1. The summed E-state index contributed by atoms with van der Waals surface area (Å²) < 4.78 is 10.9. The van der Waals surface area contributed by atoms with Crippen molar-refractivity contribution in [2.45, 2.75) is 51.9 Å². The van der Waals surface area contributed by atoms with Crippen molar-refractivity contribution >= 4 is 6.01 Å². The standard InChI is InChI=1S/C14H21N5O2/c1-9-15-11(18-21-9)10-6-5-7-19(8-10)13-17-16-12(20-13)14(2,3)4/h10H,5-8H2,1-4H3/t10-/m1/s1. The highest BCUT2D eigenvalue weighted by molar-refractivity contribution is 5.27. The average molecular weight is 291 g/mol. The van der Waals surface area contributed by atoms with E-state index in [4.69, 9.17) is 8.94 Å². The third-order valence-corrected chi connectivity index (χ3v) is 3.66. The number of aromatic nitrogens is 4. The van der Waals surface area contributed by atoms with Crippen LogP contribution in [0.3, 0.4) is 0 Å². The molecule has 1 fully saturated rings. The quantitative estimate of drug-likeness (QED) is 0.840. The maximum absolute atomic E-state index is 5.82. The van der Waals surface area contributed by atoms with Crippen molar-refractivity contribution in [2.75, 3.05) is 18.0 Å². The van der Waals surface area contributed by atoms with E-state index in [-0.39, 0.29) is 11.3 Å². The highest BCUT2D eigenvalue weighted by Gasteiger charge is 2.29. The van der Waals surface area contributed by atoms with Crippen molar-refractivity contribution in [3.63, 3.8) is 0 Å². The third-order valence-electron chi connectivity index (χ3n) is 3.66. The van der Waals surface area contributed by atoms with Crippen LogP contribution in [0.4, 0.5) is 6.01 Å². The largest absolute Gasteiger partial charge is 0.407 e. The van der Waals surface area contributed by atoms with Gasteiger partial charge in [-0.25, -0.2) is 0 Å². The Balaban J connectivity index is 1.75. The van der Waals surface area contributed by atoms with Crippen molar-refractivity contribution in [3.05, 3.63) is 17.6 Å². The lowest BCUT2D eigenvalue weighted by molar-refractivity contribution is 0.366. The predicted octanol–water partition coefficient (Wildman–Crippen LogP) is 2.44. The smallest absolute Gasteiger partial charge is 0.318 e. The Hall–Kier alpha value is -1.92. The molecular weight excluding hydrogens is 270 g/mol. The maximum Gasteiger partial charge on any atom is 0.318 e. The van der Waals surface area contributed by atoms with Gasteiger partial charge in [0.2, 0.25) is 11.8 Å². The summed E-state index contributed by atoms with van der Waals surface area (Å²) in [6, 6.07) is 0.588. The number of piperidine rings is 1. The summed E-state index contributed by atoms with van der Waals surface area (Å²) in [5, 5.41) is 12.4. The van der Waals surface area contributed by atoms with E-state index in [1.165, 1.54) is 0 Å². The van der Waals surface area contributed by atoms with Gasteiger partial charge in [0.1, 0.15) is 0 Å². The SMILES string of the molecule is Cc1nc([C@@H]2CCCN(c3nnc(C(C)(C)C)o3)C2)no1. The molecule has 0 aliphatic carbocycles. The summed E-state index contributed by atoms with van der Waals surface area (Å²) in [5.41, 5.74) is -0.134. The van der Waals surface area contributed by atoms with Crippen LogP contribution >= 0.6 is 0 Å². The van der Waals surface area contributed by atoms with Crippen LogP contribution in [0, 0.1) is 6.92 Å². The van der Waals surface area contributed by atoms with Crippen LogP contribution in [0.1, 0.15) is 57.1 Å². The summed E-state index contributed by atoms with van der Waals surface area (Å²) in [4.78, 5) is 6.45. The van der Waals surface area contributed by atoms with Gasteiger partial charge in [-0.3, -0.25) is 0 Å². The van der Waals surface area contributed by atoms with Crippen LogP contribution in [-0.2, 0) is 5.41 Å². The second kappa shape index (κ2) is 5.13. The van der Waals surface area contributed by atoms with Gasteiger partial charge in [-0.05, 0) is 12.8 Å². The number of rotatable bonds is 2. The highest BCUT2D eigenvalue weighted by Crippen LogP contribution is 2.29. The zero-order valence-electron chi connectivity index (χ0n) is 13.0. The Morgan fingerprint density at radius 2 is 2.05 bits per heavy atom. The zero-order chi connectivity index (χ0) is 15.0. The minimum absolute atomic E-state index is 0.134. The molecule has 2 aromatic heterocycles. The van der Waals surface area contributed by atoms with Gasteiger partial charge >= 0.3 is 6.01 Å². The molecule has 114 valence electrons. The summed E-state index contributed by atoms with van der Waals surface area (Å²) >= 11 is 0. The van der Waals surface area contributed by atoms with Gasteiger partial charge in [-0.1, -0.05) is 31.0 Å². The number of hydrogen-bond donors (Lipinski definition) is 0. The Morgan fingerprint density at radius 1 is 1.24 bits per heavy atom. The van der Waals surface area contributed by atoms with E-state index >= 15 is 0 Å². The lowest BCUT2D eigenvalue weighted by atomic mass is 9.97. The van der Waals surface area contributed by atoms with Gasteiger partial charge in [0.05, 0.1) is 0 Å². The molecule has 2 aromatic rings. The van der Waals surface area contributed by atoms with Crippen LogP contribution in [-0.4, -0.2) is 33.4 Å². The number of nitrogens with zero attached hydrogens (tertiary/aromatic N) is 5. The molecule has 0 saturated carbocycles. The van der Waals surface area contributed by atoms with Crippen LogP contribution in [0.2, 0.25) is 0 Å². The van der Waals surface area contributed by atoms with E-state index < -0.39 is 0 Å². The molecule has 0 radical (unpaired) electrons. The molecule has 0 bridgehead atoms. The van der Waals surface area contributed by atoms with Crippen molar-refractivity contribution in [1.82, 2.24) is 20.3 Å². The molecule has 0 aromatic carbocycles. The first-order valence-corrected chi connectivity index (χ1v) is 7.32. The van der Waals surface area contributed by atoms with Crippen LogP contribution in [0.5, 0.6) is 0 Å². The molecule has 0 spiro atoms. The first kappa shape index (κ1) is 14.0. The first-order valence-electron chi connectivity index (χ1n) is 7.32. The monoisotopic (exact) mass is 291 g/mol. The highest BCUT2D eigenvalue weighted by atomic mass is 16.5. The normalized spacial score (nSPS) is 20.0. The van der Waals surface area contributed by atoms with E-state index in [1.54, 1.807) is 0 Å². The summed E-state index contributed by atoms with van der Waals surface area (Å²) in [6.45, 7) is 9.69. The second-order valence-electron chi connectivity index (χ2n) is 6.60. The summed E-state index contributed by atoms with van der Waals surface area (Å²) in [6.07, 6.45) is 2.10. The molecule has 7 heteroatoms. The van der Waals surface area contributed by atoms with Gasteiger partial charge in [0.25, 0.3) is 0 Å². The Labute approximate surface area is 123 Å². The number of hydrogen-bond acceptors (Lipinski definition) is 7. The van der Waals surface area contributed by atoms with Gasteiger partial charge in [-0.2, -0.15) is 4.98 Å². The minimum Gasteiger partial charge on any atom is -0.407 e. The second-order valence-corrected chi connectivity index (χ2v) is 6.60. The lowest BCUT2D eigenvalue weighted by Gasteiger charge is -2.29. The van der Waals surface area contributed by atoms with Crippen molar-refractivity contribution in [3.8, 4) is 0 Å². The fourth-order valence-electron chi connectivity index (χ4n) is 2.49. The molecule has 1 saturated heterocycles. The Morgan fingerprint density at radius 3 is 2.67 bits per heavy atom. The minimum atomic E-state index is -0.134. The maximum atomic E-state index is 5.82. The van der Waals surface area contributed by atoms with Crippen LogP contribution in [0.15, 0.2) is 8.94 Å². The van der Waals surface area contributed by atoms with Crippen molar-refractivity contribution in [1.29, 1.82) is 0 Å². The van der Waals surface area contributed by atoms with Gasteiger partial charge in [0, 0.05) is 31.3 Å². The Bertz CT molecular complexity index is 613. The number of anilines is 1.